The highest BCUT2D eigenvalue weighted by atomic mass is 19.1. The highest BCUT2D eigenvalue weighted by Gasteiger charge is 2.41. The number of piperazine rings is 1. The molecule has 2 rings (SSSR count). The van der Waals surface area contributed by atoms with Gasteiger partial charge in [-0.2, -0.15) is 0 Å². The van der Waals surface area contributed by atoms with Crippen molar-refractivity contribution in [2.24, 2.45) is 0 Å². The lowest BCUT2D eigenvalue weighted by Gasteiger charge is -2.41. The van der Waals surface area contributed by atoms with E-state index < -0.39 is 5.54 Å². The number of methoxy groups -OCH3 is 1. The van der Waals surface area contributed by atoms with E-state index in [2.05, 4.69) is 10.2 Å². The summed E-state index contributed by atoms with van der Waals surface area (Å²) in [7, 11) is 1.38. The van der Waals surface area contributed by atoms with Gasteiger partial charge in [0.2, 0.25) is 0 Å². The van der Waals surface area contributed by atoms with Gasteiger partial charge in [-0.1, -0.05) is 18.2 Å². The van der Waals surface area contributed by atoms with Crippen LogP contribution in [-0.4, -0.2) is 49.7 Å². The Bertz CT molecular complexity index is 475. The molecule has 0 aliphatic carbocycles. The van der Waals surface area contributed by atoms with Gasteiger partial charge < -0.3 is 10.1 Å². The predicted octanol–water partition coefficient (Wildman–Crippen LogP) is 1.21. The van der Waals surface area contributed by atoms with Crippen LogP contribution in [0.2, 0.25) is 0 Å². The number of rotatable bonds is 4. The van der Waals surface area contributed by atoms with Crippen molar-refractivity contribution in [3.63, 3.8) is 0 Å². The summed E-state index contributed by atoms with van der Waals surface area (Å²) in [6.07, 6.45) is 0.312. The maximum Gasteiger partial charge on any atom is 0.326 e. The summed E-state index contributed by atoms with van der Waals surface area (Å²) in [5.74, 6) is -0.597. The number of carbonyl (C=O) groups excluding carboxylic acids is 1. The maximum atomic E-state index is 13.9. The van der Waals surface area contributed by atoms with E-state index in [0.29, 0.717) is 12.0 Å². The smallest absolute Gasteiger partial charge is 0.326 e. The molecule has 1 unspecified atom stereocenters. The zero-order chi connectivity index (χ0) is 14.6. The van der Waals surface area contributed by atoms with Gasteiger partial charge in [0, 0.05) is 32.6 Å². The standard InChI is InChI=1S/C15H21FN2O2/c1-15(14(19)20-2,18-9-7-17-8-10-18)11-12-5-3-4-6-13(12)16/h3-6,17H,7-11H2,1-2H3. The molecule has 0 saturated carbocycles. The van der Waals surface area contributed by atoms with Crippen LogP contribution in [0.4, 0.5) is 4.39 Å². The number of hydrogen-bond donors (Lipinski definition) is 1. The highest BCUT2D eigenvalue weighted by Crippen LogP contribution is 2.24. The number of benzene rings is 1. The minimum absolute atomic E-state index is 0.280. The van der Waals surface area contributed by atoms with Gasteiger partial charge in [0.05, 0.1) is 7.11 Å². The molecule has 0 bridgehead atoms. The summed E-state index contributed by atoms with van der Waals surface area (Å²) < 4.78 is 18.8. The third kappa shape index (κ3) is 2.99. The van der Waals surface area contributed by atoms with Crippen LogP contribution in [0.15, 0.2) is 24.3 Å². The summed E-state index contributed by atoms with van der Waals surface area (Å²) in [5.41, 5.74) is -0.294. The number of carbonyl (C=O) groups is 1. The third-order valence-electron chi connectivity index (χ3n) is 3.93. The molecule has 20 heavy (non-hydrogen) atoms. The van der Waals surface area contributed by atoms with Crippen LogP contribution in [-0.2, 0) is 16.0 Å². The summed E-state index contributed by atoms with van der Waals surface area (Å²) in [6, 6.07) is 6.58. The molecule has 5 heteroatoms. The number of esters is 1. The van der Waals surface area contributed by atoms with E-state index in [9.17, 15) is 9.18 Å². The quantitative estimate of drug-likeness (QED) is 0.842. The first-order valence-electron chi connectivity index (χ1n) is 6.85. The SMILES string of the molecule is COC(=O)C(C)(Cc1ccccc1F)N1CCNCC1. The van der Waals surface area contributed by atoms with Crippen molar-refractivity contribution in [3.8, 4) is 0 Å². The van der Waals surface area contributed by atoms with Crippen LogP contribution in [0.1, 0.15) is 12.5 Å². The first-order chi connectivity index (χ1) is 9.58. The topological polar surface area (TPSA) is 41.6 Å². The molecule has 1 aromatic rings. The number of nitrogens with zero attached hydrogens (tertiary/aromatic N) is 1. The zero-order valence-corrected chi connectivity index (χ0v) is 12.0. The molecule has 4 nitrogen and oxygen atoms in total. The second-order valence-corrected chi connectivity index (χ2v) is 5.27. The molecule has 0 radical (unpaired) electrons. The van der Waals surface area contributed by atoms with Crippen LogP contribution < -0.4 is 5.32 Å². The van der Waals surface area contributed by atoms with Gasteiger partial charge in [0.25, 0.3) is 0 Å². The van der Waals surface area contributed by atoms with Crippen molar-refractivity contribution in [1.82, 2.24) is 10.2 Å². The lowest BCUT2D eigenvalue weighted by Crippen LogP contribution is -2.60. The van der Waals surface area contributed by atoms with Crippen molar-refractivity contribution in [2.75, 3.05) is 33.3 Å². The minimum Gasteiger partial charge on any atom is -0.468 e. The first kappa shape index (κ1) is 14.9. The molecule has 1 saturated heterocycles. The molecular formula is C15H21FN2O2. The fourth-order valence-electron chi connectivity index (χ4n) is 2.70. The Morgan fingerprint density at radius 1 is 1.40 bits per heavy atom. The number of hydrogen-bond acceptors (Lipinski definition) is 4. The summed E-state index contributed by atoms with van der Waals surface area (Å²) in [6.45, 7) is 4.98. The number of halogens is 1. The molecule has 1 fully saturated rings. The second-order valence-electron chi connectivity index (χ2n) is 5.27. The van der Waals surface area contributed by atoms with Gasteiger partial charge in [0.1, 0.15) is 11.4 Å². The van der Waals surface area contributed by atoms with Gasteiger partial charge in [-0.25, -0.2) is 4.39 Å². The lowest BCUT2D eigenvalue weighted by molar-refractivity contribution is -0.154. The zero-order valence-electron chi connectivity index (χ0n) is 12.0. The summed E-state index contributed by atoms with van der Waals surface area (Å²) in [5, 5.41) is 3.25. The fourth-order valence-corrected chi connectivity index (χ4v) is 2.70. The minimum atomic E-state index is -0.834. The summed E-state index contributed by atoms with van der Waals surface area (Å²) >= 11 is 0. The highest BCUT2D eigenvalue weighted by molar-refractivity contribution is 5.80. The molecule has 1 atom stereocenters. The van der Waals surface area contributed by atoms with Crippen LogP contribution in [0.3, 0.4) is 0 Å². The fraction of sp³-hybridized carbons (Fsp3) is 0.533. The van der Waals surface area contributed by atoms with Crippen LogP contribution in [0, 0.1) is 5.82 Å². The first-order valence-corrected chi connectivity index (χ1v) is 6.85. The van der Waals surface area contributed by atoms with Crippen LogP contribution >= 0.6 is 0 Å². The largest absolute Gasteiger partial charge is 0.468 e. The number of nitrogens with one attached hydrogen (secondary N) is 1. The average molecular weight is 280 g/mol. The normalized spacial score (nSPS) is 19.4. The van der Waals surface area contributed by atoms with Gasteiger partial charge in [0.15, 0.2) is 0 Å². The Balaban J connectivity index is 2.27. The Kier molecular flexibility index (Phi) is 4.73. The predicted molar refractivity (Wildman–Crippen MR) is 75.0 cm³/mol. The van der Waals surface area contributed by atoms with E-state index in [1.807, 2.05) is 6.92 Å². The van der Waals surface area contributed by atoms with Crippen LogP contribution in [0.5, 0.6) is 0 Å². The second kappa shape index (κ2) is 6.33. The average Bonchev–Trinajstić information content (AvgIpc) is 2.49. The Labute approximate surface area is 118 Å². The Morgan fingerprint density at radius 3 is 2.65 bits per heavy atom. The van der Waals surface area contributed by atoms with Gasteiger partial charge in [-0.05, 0) is 18.6 Å². The molecule has 1 aromatic carbocycles. The molecule has 0 spiro atoms. The molecule has 1 N–H and O–H groups in total. The van der Waals surface area contributed by atoms with E-state index in [-0.39, 0.29) is 11.8 Å². The molecule has 1 aliphatic heterocycles. The molecule has 110 valence electrons. The Morgan fingerprint density at radius 2 is 2.05 bits per heavy atom. The summed E-state index contributed by atoms with van der Waals surface area (Å²) in [4.78, 5) is 14.3. The molecule has 0 aromatic heterocycles. The molecule has 1 aliphatic rings. The maximum absolute atomic E-state index is 13.9. The third-order valence-corrected chi connectivity index (χ3v) is 3.93. The van der Waals surface area contributed by atoms with E-state index in [1.165, 1.54) is 13.2 Å². The van der Waals surface area contributed by atoms with E-state index in [4.69, 9.17) is 4.74 Å². The molecular weight excluding hydrogens is 259 g/mol. The van der Waals surface area contributed by atoms with Crippen LogP contribution in [0.25, 0.3) is 0 Å². The van der Waals surface area contributed by atoms with Crippen molar-refractivity contribution in [2.45, 2.75) is 18.9 Å². The van der Waals surface area contributed by atoms with Gasteiger partial charge in [-0.15, -0.1) is 0 Å². The molecule has 0 amide bonds. The monoisotopic (exact) mass is 280 g/mol. The molecule has 1 heterocycles. The van der Waals surface area contributed by atoms with Crippen molar-refractivity contribution < 1.29 is 13.9 Å². The van der Waals surface area contributed by atoms with E-state index in [1.54, 1.807) is 18.2 Å². The van der Waals surface area contributed by atoms with E-state index in [0.717, 1.165) is 26.2 Å². The Hall–Kier alpha value is -1.46. The van der Waals surface area contributed by atoms with Crippen molar-refractivity contribution >= 4 is 5.97 Å². The van der Waals surface area contributed by atoms with Gasteiger partial charge in [-0.3, -0.25) is 9.69 Å². The van der Waals surface area contributed by atoms with Crippen molar-refractivity contribution in [3.05, 3.63) is 35.6 Å². The lowest BCUT2D eigenvalue weighted by atomic mass is 9.90. The van der Waals surface area contributed by atoms with Crippen molar-refractivity contribution in [1.29, 1.82) is 0 Å². The number of ether oxygens (including phenoxy) is 1. The van der Waals surface area contributed by atoms with E-state index >= 15 is 0 Å². The van der Waals surface area contributed by atoms with Gasteiger partial charge >= 0.3 is 5.97 Å².